The molecule has 1 aromatic heterocycles. The number of benzene rings is 1. The summed E-state index contributed by atoms with van der Waals surface area (Å²) >= 11 is 0. The standard InChI is InChI=1S/C13H15F2N3/c1-8(10-3-4-11(14)12(15)7-10)18-9(2)13-16-5-6-17-13/h3-9,18H,1-2H3,(H,16,17). The molecule has 0 aliphatic rings. The summed E-state index contributed by atoms with van der Waals surface area (Å²) in [5.41, 5.74) is 0.701. The molecule has 2 unspecified atom stereocenters. The minimum Gasteiger partial charge on any atom is -0.347 e. The number of nitrogens with zero attached hydrogens (tertiary/aromatic N) is 1. The molecule has 0 spiro atoms. The molecule has 5 heteroatoms. The first kappa shape index (κ1) is 12.7. The quantitative estimate of drug-likeness (QED) is 0.876. The summed E-state index contributed by atoms with van der Waals surface area (Å²) in [5, 5.41) is 3.26. The topological polar surface area (TPSA) is 40.7 Å². The van der Waals surface area contributed by atoms with Crippen LogP contribution in [0.4, 0.5) is 8.78 Å². The van der Waals surface area contributed by atoms with Crippen LogP contribution in [0.1, 0.15) is 37.3 Å². The summed E-state index contributed by atoms with van der Waals surface area (Å²) in [7, 11) is 0. The summed E-state index contributed by atoms with van der Waals surface area (Å²) in [6.45, 7) is 3.85. The second kappa shape index (κ2) is 5.27. The van der Waals surface area contributed by atoms with E-state index in [1.54, 1.807) is 18.5 Å². The van der Waals surface area contributed by atoms with Gasteiger partial charge in [-0.05, 0) is 31.5 Å². The van der Waals surface area contributed by atoms with Crippen molar-refractivity contribution in [3.05, 3.63) is 53.6 Å². The van der Waals surface area contributed by atoms with E-state index in [0.29, 0.717) is 5.56 Å². The first-order valence-electron chi connectivity index (χ1n) is 5.78. The van der Waals surface area contributed by atoms with Crippen LogP contribution in [0.15, 0.2) is 30.6 Å². The Hall–Kier alpha value is -1.75. The van der Waals surface area contributed by atoms with Crippen LogP contribution >= 0.6 is 0 Å². The van der Waals surface area contributed by atoms with Crippen molar-refractivity contribution in [3.8, 4) is 0 Å². The second-order valence-corrected chi connectivity index (χ2v) is 4.26. The van der Waals surface area contributed by atoms with Gasteiger partial charge in [-0.3, -0.25) is 0 Å². The van der Waals surface area contributed by atoms with Gasteiger partial charge in [0.1, 0.15) is 5.82 Å². The zero-order chi connectivity index (χ0) is 13.1. The average Bonchev–Trinajstić information content (AvgIpc) is 2.86. The predicted molar refractivity (Wildman–Crippen MR) is 64.9 cm³/mol. The van der Waals surface area contributed by atoms with E-state index in [0.717, 1.165) is 11.9 Å². The first-order chi connectivity index (χ1) is 8.58. The van der Waals surface area contributed by atoms with Crippen molar-refractivity contribution >= 4 is 0 Å². The van der Waals surface area contributed by atoms with Crippen molar-refractivity contribution in [3.63, 3.8) is 0 Å². The molecule has 96 valence electrons. The summed E-state index contributed by atoms with van der Waals surface area (Å²) in [5.74, 6) is -0.846. The molecular formula is C13H15F2N3. The van der Waals surface area contributed by atoms with Crippen LogP contribution in [-0.2, 0) is 0 Å². The number of hydrogen-bond donors (Lipinski definition) is 2. The Bertz CT molecular complexity index is 511. The van der Waals surface area contributed by atoms with E-state index in [1.807, 2.05) is 13.8 Å². The number of hydrogen-bond acceptors (Lipinski definition) is 2. The third-order valence-corrected chi connectivity index (χ3v) is 2.87. The zero-order valence-electron chi connectivity index (χ0n) is 10.2. The van der Waals surface area contributed by atoms with Crippen LogP contribution < -0.4 is 5.32 Å². The van der Waals surface area contributed by atoms with Crippen molar-refractivity contribution in [2.45, 2.75) is 25.9 Å². The number of aromatic nitrogens is 2. The van der Waals surface area contributed by atoms with E-state index in [1.165, 1.54) is 6.07 Å². The Morgan fingerprint density at radius 1 is 1.17 bits per heavy atom. The maximum atomic E-state index is 13.1. The van der Waals surface area contributed by atoms with Crippen LogP contribution in [-0.4, -0.2) is 9.97 Å². The van der Waals surface area contributed by atoms with E-state index in [9.17, 15) is 8.78 Å². The van der Waals surface area contributed by atoms with Gasteiger partial charge in [0, 0.05) is 18.4 Å². The van der Waals surface area contributed by atoms with Gasteiger partial charge in [0.25, 0.3) is 0 Å². The third-order valence-electron chi connectivity index (χ3n) is 2.87. The van der Waals surface area contributed by atoms with E-state index in [4.69, 9.17) is 0 Å². The summed E-state index contributed by atoms with van der Waals surface area (Å²) in [4.78, 5) is 7.15. The number of imidazole rings is 1. The fourth-order valence-corrected chi connectivity index (χ4v) is 1.85. The highest BCUT2D eigenvalue weighted by molar-refractivity contribution is 5.21. The summed E-state index contributed by atoms with van der Waals surface area (Å²) in [6, 6.07) is 3.83. The van der Waals surface area contributed by atoms with Crippen LogP contribution in [0.3, 0.4) is 0 Å². The Labute approximate surface area is 104 Å². The van der Waals surface area contributed by atoms with Crippen LogP contribution in [0.2, 0.25) is 0 Å². The highest BCUT2D eigenvalue weighted by Gasteiger charge is 2.14. The van der Waals surface area contributed by atoms with Gasteiger partial charge in [-0.25, -0.2) is 13.8 Å². The van der Waals surface area contributed by atoms with Crippen LogP contribution in [0.5, 0.6) is 0 Å². The van der Waals surface area contributed by atoms with Crippen LogP contribution in [0, 0.1) is 11.6 Å². The number of rotatable bonds is 4. The summed E-state index contributed by atoms with van der Waals surface area (Å²) < 4.78 is 26.0. The molecule has 2 rings (SSSR count). The van der Waals surface area contributed by atoms with Gasteiger partial charge in [0.05, 0.1) is 6.04 Å². The lowest BCUT2D eigenvalue weighted by molar-refractivity contribution is 0.469. The van der Waals surface area contributed by atoms with E-state index < -0.39 is 11.6 Å². The van der Waals surface area contributed by atoms with E-state index >= 15 is 0 Å². The molecule has 2 N–H and O–H groups in total. The SMILES string of the molecule is CC(NC(C)c1ncc[nH]1)c1ccc(F)c(F)c1. The first-order valence-corrected chi connectivity index (χ1v) is 5.78. The van der Waals surface area contributed by atoms with Crippen molar-refractivity contribution in [1.82, 2.24) is 15.3 Å². The molecule has 0 saturated carbocycles. The van der Waals surface area contributed by atoms with E-state index in [2.05, 4.69) is 15.3 Å². The molecule has 0 aliphatic carbocycles. The van der Waals surface area contributed by atoms with Crippen molar-refractivity contribution in [1.29, 1.82) is 0 Å². The lowest BCUT2D eigenvalue weighted by Crippen LogP contribution is -2.23. The van der Waals surface area contributed by atoms with Gasteiger partial charge in [-0.1, -0.05) is 6.07 Å². The molecule has 1 heterocycles. The smallest absolute Gasteiger partial charge is 0.159 e. The normalized spacial score (nSPS) is 14.4. The number of nitrogens with one attached hydrogen (secondary N) is 2. The third kappa shape index (κ3) is 2.73. The molecule has 2 aromatic rings. The second-order valence-electron chi connectivity index (χ2n) is 4.26. The predicted octanol–water partition coefficient (Wildman–Crippen LogP) is 3.10. The molecule has 0 amide bonds. The molecule has 0 fully saturated rings. The Morgan fingerprint density at radius 3 is 2.56 bits per heavy atom. The molecule has 3 nitrogen and oxygen atoms in total. The molecular weight excluding hydrogens is 236 g/mol. The molecule has 0 aliphatic heterocycles. The van der Waals surface area contributed by atoms with Crippen molar-refractivity contribution in [2.75, 3.05) is 0 Å². The van der Waals surface area contributed by atoms with Gasteiger partial charge in [0.15, 0.2) is 11.6 Å². The molecule has 18 heavy (non-hydrogen) atoms. The van der Waals surface area contributed by atoms with Crippen LogP contribution in [0.25, 0.3) is 0 Å². The maximum absolute atomic E-state index is 13.1. The Kier molecular flexibility index (Phi) is 3.72. The minimum absolute atomic E-state index is 0.00288. The lowest BCUT2D eigenvalue weighted by atomic mass is 10.1. The molecule has 1 aromatic carbocycles. The van der Waals surface area contributed by atoms with Crippen molar-refractivity contribution in [2.24, 2.45) is 0 Å². The average molecular weight is 251 g/mol. The van der Waals surface area contributed by atoms with Gasteiger partial charge in [-0.2, -0.15) is 0 Å². The number of aromatic amines is 1. The molecule has 0 radical (unpaired) electrons. The van der Waals surface area contributed by atoms with Gasteiger partial charge < -0.3 is 10.3 Å². The lowest BCUT2D eigenvalue weighted by Gasteiger charge is -2.19. The Balaban J connectivity index is 2.07. The minimum atomic E-state index is -0.829. The fourth-order valence-electron chi connectivity index (χ4n) is 1.85. The monoisotopic (exact) mass is 251 g/mol. The van der Waals surface area contributed by atoms with Gasteiger partial charge >= 0.3 is 0 Å². The Morgan fingerprint density at radius 2 is 1.94 bits per heavy atom. The fraction of sp³-hybridized carbons (Fsp3) is 0.308. The highest BCUT2D eigenvalue weighted by atomic mass is 19.2. The zero-order valence-corrected chi connectivity index (χ0v) is 10.2. The van der Waals surface area contributed by atoms with E-state index in [-0.39, 0.29) is 12.1 Å². The molecule has 2 atom stereocenters. The highest BCUT2D eigenvalue weighted by Crippen LogP contribution is 2.19. The summed E-state index contributed by atoms with van der Waals surface area (Å²) in [6.07, 6.45) is 3.42. The van der Waals surface area contributed by atoms with Gasteiger partial charge in [-0.15, -0.1) is 0 Å². The van der Waals surface area contributed by atoms with Crippen molar-refractivity contribution < 1.29 is 8.78 Å². The number of halogens is 2. The largest absolute Gasteiger partial charge is 0.347 e. The van der Waals surface area contributed by atoms with Gasteiger partial charge in [0.2, 0.25) is 0 Å². The number of H-pyrrole nitrogens is 1. The maximum Gasteiger partial charge on any atom is 0.159 e. The molecule has 0 saturated heterocycles. The molecule has 0 bridgehead atoms.